The third-order valence-electron chi connectivity index (χ3n) is 3.29. The van der Waals surface area contributed by atoms with Gasteiger partial charge in [0.05, 0.1) is 0 Å². The van der Waals surface area contributed by atoms with Gasteiger partial charge in [-0.25, -0.2) is 4.68 Å². The molecule has 0 aliphatic heterocycles. The molecule has 0 radical (unpaired) electrons. The Morgan fingerprint density at radius 3 is 2.60 bits per heavy atom. The van der Waals surface area contributed by atoms with E-state index in [9.17, 15) is 0 Å². The number of nitrogens with zero attached hydrogens (tertiary/aromatic N) is 3. The SMILES string of the molecule is NCC1CCCCC1c1nnc(N)n1N. The number of nitrogen functional groups attached to an aromatic ring is 2. The topological polar surface area (TPSA) is 109 Å². The molecule has 2 unspecified atom stereocenters. The Morgan fingerprint density at radius 1 is 1.27 bits per heavy atom. The molecule has 1 aromatic rings. The quantitative estimate of drug-likeness (QED) is 0.586. The van der Waals surface area contributed by atoms with Gasteiger partial charge in [0.1, 0.15) is 0 Å². The predicted octanol–water partition coefficient (Wildman–Crippen LogP) is -0.193. The van der Waals surface area contributed by atoms with Gasteiger partial charge in [0.15, 0.2) is 5.82 Å². The molecule has 15 heavy (non-hydrogen) atoms. The van der Waals surface area contributed by atoms with Crippen molar-refractivity contribution >= 4 is 5.95 Å². The Hall–Kier alpha value is -1.30. The van der Waals surface area contributed by atoms with Crippen LogP contribution in [-0.2, 0) is 0 Å². The second-order valence-electron chi connectivity index (χ2n) is 4.17. The molecular weight excluding hydrogens is 192 g/mol. The van der Waals surface area contributed by atoms with Gasteiger partial charge in [0.25, 0.3) is 0 Å². The first-order chi connectivity index (χ1) is 7.24. The number of hydrogen-bond donors (Lipinski definition) is 3. The van der Waals surface area contributed by atoms with Gasteiger partial charge in [-0.2, -0.15) is 0 Å². The Kier molecular flexibility index (Phi) is 2.77. The van der Waals surface area contributed by atoms with Crippen LogP contribution in [0.5, 0.6) is 0 Å². The van der Waals surface area contributed by atoms with E-state index in [-0.39, 0.29) is 5.95 Å². The second kappa shape index (κ2) is 4.06. The molecular formula is C9H18N6. The van der Waals surface area contributed by atoms with Gasteiger partial charge in [-0.3, -0.25) is 0 Å². The Morgan fingerprint density at radius 2 is 2.00 bits per heavy atom. The van der Waals surface area contributed by atoms with Crippen molar-refractivity contribution in [1.82, 2.24) is 14.9 Å². The zero-order chi connectivity index (χ0) is 10.8. The van der Waals surface area contributed by atoms with Crippen molar-refractivity contribution in [2.45, 2.75) is 31.6 Å². The van der Waals surface area contributed by atoms with Crippen molar-refractivity contribution in [2.24, 2.45) is 11.7 Å². The van der Waals surface area contributed by atoms with E-state index >= 15 is 0 Å². The van der Waals surface area contributed by atoms with Crippen LogP contribution in [0.3, 0.4) is 0 Å². The molecule has 1 aliphatic carbocycles. The summed E-state index contributed by atoms with van der Waals surface area (Å²) in [6.45, 7) is 0.678. The van der Waals surface area contributed by atoms with E-state index in [2.05, 4.69) is 10.2 Å². The summed E-state index contributed by atoms with van der Waals surface area (Å²) in [6, 6.07) is 0. The summed E-state index contributed by atoms with van der Waals surface area (Å²) < 4.78 is 1.39. The van der Waals surface area contributed by atoms with Crippen LogP contribution >= 0.6 is 0 Å². The van der Waals surface area contributed by atoms with Crippen molar-refractivity contribution in [2.75, 3.05) is 18.1 Å². The average Bonchev–Trinajstić information content (AvgIpc) is 2.60. The highest BCUT2D eigenvalue weighted by Crippen LogP contribution is 2.36. The Labute approximate surface area is 88.8 Å². The Balaban J connectivity index is 2.24. The number of hydrogen-bond acceptors (Lipinski definition) is 5. The number of rotatable bonds is 2. The van der Waals surface area contributed by atoms with Gasteiger partial charge in [-0.15, -0.1) is 10.2 Å². The predicted molar refractivity (Wildman–Crippen MR) is 58.3 cm³/mol. The molecule has 1 fully saturated rings. The molecule has 0 amide bonds. The summed E-state index contributed by atoms with van der Waals surface area (Å²) in [5, 5.41) is 7.83. The minimum absolute atomic E-state index is 0.270. The highest BCUT2D eigenvalue weighted by molar-refractivity contribution is 5.19. The highest BCUT2D eigenvalue weighted by Gasteiger charge is 2.29. The molecule has 6 nitrogen and oxygen atoms in total. The lowest BCUT2D eigenvalue weighted by atomic mass is 9.79. The zero-order valence-corrected chi connectivity index (χ0v) is 8.76. The first kappa shape index (κ1) is 10.2. The largest absolute Gasteiger partial charge is 0.366 e. The molecule has 1 saturated carbocycles. The van der Waals surface area contributed by atoms with Crippen molar-refractivity contribution in [3.8, 4) is 0 Å². The van der Waals surface area contributed by atoms with Crippen LogP contribution < -0.4 is 17.3 Å². The van der Waals surface area contributed by atoms with E-state index in [0.717, 1.165) is 18.7 Å². The second-order valence-corrected chi connectivity index (χ2v) is 4.17. The van der Waals surface area contributed by atoms with E-state index in [4.69, 9.17) is 17.3 Å². The lowest BCUT2D eigenvalue weighted by Gasteiger charge is -2.29. The molecule has 0 aromatic carbocycles. The molecule has 0 saturated heterocycles. The van der Waals surface area contributed by atoms with Crippen molar-refractivity contribution in [1.29, 1.82) is 0 Å². The molecule has 6 N–H and O–H groups in total. The first-order valence-corrected chi connectivity index (χ1v) is 5.40. The molecule has 2 rings (SSSR count). The molecule has 0 spiro atoms. The van der Waals surface area contributed by atoms with Crippen LogP contribution in [0.2, 0.25) is 0 Å². The third kappa shape index (κ3) is 1.77. The summed E-state index contributed by atoms with van der Waals surface area (Å²) in [6.07, 6.45) is 4.67. The van der Waals surface area contributed by atoms with E-state index < -0.39 is 0 Å². The number of nitrogens with two attached hydrogens (primary N) is 3. The molecule has 1 heterocycles. The van der Waals surface area contributed by atoms with Gasteiger partial charge >= 0.3 is 0 Å². The molecule has 1 aliphatic rings. The lowest BCUT2D eigenvalue weighted by Crippen LogP contribution is -2.29. The number of anilines is 1. The average molecular weight is 210 g/mol. The van der Waals surface area contributed by atoms with Gasteiger partial charge < -0.3 is 17.3 Å². The minimum atomic E-state index is 0.270. The monoisotopic (exact) mass is 210 g/mol. The van der Waals surface area contributed by atoms with E-state index in [1.807, 2.05) is 0 Å². The lowest BCUT2D eigenvalue weighted by molar-refractivity contribution is 0.301. The van der Waals surface area contributed by atoms with Gasteiger partial charge in [-0.1, -0.05) is 12.8 Å². The number of aromatic nitrogens is 3. The smallest absolute Gasteiger partial charge is 0.240 e. The maximum atomic E-state index is 5.78. The van der Waals surface area contributed by atoms with Crippen LogP contribution in [0.15, 0.2) is 0 Å². The van der Waals surface area contributed by atoms with Crippen molar-refractivity contribution < 1.29 is 0 Å². The Bertz CT molecular complexity index is 333. The minimum Gasteiger partial charge on any atom is -0.366 e. The van der Waals surface area contributed by atoms with Crippen molar-refractivity contribution in [3.63, 3.8) is 0 Å². The van der Waals surface area contributed by atoms with Crippen LogP contribution in [0.1, 0.15) is 37.4 Å². The standard InChI is InChI=1S/C9H18N6/c10-5-6-3-1-2-4-7(6)8-13-14-9(11)15(8)12/h6-7H,1-5,10,12H2,(H2,11,14). The van der Waals surface area contributed by atoms with E-state index in [1.54, 1.807) is 0 Å². The molecule has 2 atom stereocenters. The van der Waals surface area contributed by atoms with Crippen LogP contribution in [0, 0.1) is 5.92 Å². The third-order valence-corrected chi connectivity index (χ3v) is 3.29. The molecule has 1 aromatic heterocycles. The fourth-order valence-electron chi connectivity index (χ4n) is 2.40. The maximum Gasteiger partial charge on any atom is 0.240 e. The van der Waals surface area contributed by atoms with Crippen LogP contribution in [0.25, 0.3) is 0 Å². The fraction of sp³-hybridized carbons (Fsp3) is 0.778. The van der Waals surface area contributed by atoms with Crippen LogP contribution in [0.4, 0.5) is 5.95 Å². The van der Waals surface area contributed by atoms with Gasteiger partial charge in [0.2, 0.25) is 5.95 Å². The van der Waals surface area contributed by atoms with Crippen molar-refractivity contribution in [3.05, 3.63) is 5.82 Å². The molecule has 84 valence electrons. The summed E-state index contributed by atoms with van der Waals surface area (Å²) in [7, 11) is 0. The summed E-state index contributed by atoms with van der Waals surface area (Å²) in [5.74, 6) is 7.61. The van der Waals surface area contributed by atoms with E-state index in [0.29, 0.717) is 18.4 Å². The summed E-state index contributed by atoms with van der Waals surface area (Å²) in [4.78, 5) is 0. The van der Waals surface area contributed by atoms with Crippen LogP contribution in [-0.4, -0.2) is 21.4 Å². The summed E-state index contributed by atoms with van der Waals surface area (Å²) in [5.41, 5.74) is 11.3. The van der Waals surface area contributed by atoms with E-state index in [1.165, 1.54) is 17.5 Å². The zero-order valence-electron chi connectivity index (χ0n) is 8.76. The summed E-state index contributed by atoms with van der Waals surface area (Å²) >= 11 is 0. The van der Waals surface area contributed by atoms with Gasteiger partial charge in [-0.05, 0) is 25.3 Å². The first-order valence-electron chi connectivity index (χ1n) is 5.40. The fourth-order valence-corrected chi connectivity index (χ4v) is 2.40. The normalized spacial score (nSPS) is 26.7. The maximum absolute atomic E-state index is 5.78. The van der Waals surface area contributed by atoms with Gasteiger partial charge in [0, 0.05) is 5.92 Å². The molecule has 6 heteroatoms. The highest BCUT2D eigenvalue weighted by atomic mass is 15.4. The molecule has 0 bridgehead atoms.